The Bertz CT molecular complexity index is 255. The van der Waals surface area contributed by atoms with Crippen molar-refractivity contribution < 1.29 is 38.5 Å². The zero-order valence-corrected chi connectivity index (χ0v) is 17.1. The van der Waals surface area contributed by atoms with Crippen LogP contribution in [0.4, 0.5) is 12.3 Å². The maximum absolute atomic E-state index is 11.8. The second-order valence-corrected chi connectivity index (χ2v) is 5.49. The Labute approximate surface area is 153 Å². The number of nitrogens with one attached hydrogen (secondary N) is 3. The molecule has 0 heterocycles. The Kier molecular flexibility index (Phi) is 31.9. The molecule has 0 aliphatic rings. The minimum atomic E-state index is -5.48. The van der Waals surface area contributed by atoms with Crippen molar-refractivity contribution >= 4 is 14.3 Å². The molecule has 22 heavy (non-hydrogen) atoms. The van der Waals surface area contributed by atoms with E-state index >= 15 is 0 Å². The second-order valence-electron chi connectivity index (χ2n) is 3.92. The summed E-state index contributed by atoms with van der Waals surface area (Å²) in [5.41, 5.74) is 19.4. The second kappa shape index (κ2) is 23.4. The monoisotopic (exact) mass is 413 g/mol. The molecule has 0 aliphatic heterocycles. The van der Waals surface area contributed by atoms with Crippen LogP contribution in [-0.4, -0.2) is 28.7 Å². The van der Waals surface area contributed by atoms with Crippen LogP contribution < -0.4 is 5.19 Å². The van der Waals surface area contributed by atoms with Gasteiger partial charge in [-0.2, -0.15) is 31.8 Å². The van der Waals surface area contributed by atoms with Gasteiger partial charge in [0, 0.05) is 0 Å². The smallest absolute Gasteiger partial charge is 0.677 e. The van der Waals surface area contributed by atoms with Crippen molar-refractivity contribution in [1.82, 2.24) is 0 Å². The summed E-state index contributed by atoms with van der Waals surface area (Å²) >= 11 is 0. The van der Waals surface area contributed by atoms with E-state index in [-0.39, 0.29) is 26.2 Å². The predicted molar refractivity (Wildman–Crippen MR) is 89.2 cm³/mol. The number of rotatable bonds is 4. The van der Waals surface area contributed by atoms with Crippen molar-refractivity contribution in [2.75, 3.05) is 19.6 Å². The molecule has 0 fully saturated rings. The van der Waals surface area contributed by atoms with E-state index in [2.05, 4.69) is 0 Å². The van der Waals surface area contributed by atoms with Crippen LogP contribution in [-0.2, 0) is 26.2 Å². The maximum Gasteiger partial charge on any atom is 4.00 e. The standard InChI is InChI=1S/C5H4F3Si.3C3H8N.Zr/c6-9(7,8)5-3-1-2-4-5;3*1-2-3-4;/h1-4H;3*4H,2-3H2,1H3;/q4*-1;+4. The van der Waals surface area contributed by atoms with E-state index in [0.29, 0.717) is 19.6 Å². The topological polar surface area (TPSA) is 71.4 Å². The molecular formula is C14H28F3N3SiZr. The Morgan fingerprint density at radius 2 is 1.00 bits per heavy atom. The Morgan fingerprint density at radius 1 is 0.773 bits per heavy atom. The molecule has 3 nitrogen and oxygen atoms in total. The summed E-state index contributed by atoms with van der Waals surface area (Å²) in [5, 5.41) is -0.442. The van der Waals surface area contributed by atoms with Gasteiger partial charge in [0.15, 0.2) is 0 Å². The van der Waals surface area contributed by atoms with Crippen LogP contribution in [0.2, 0.25) is 0 Å². The Balaban J connectivity index is -0.000000107. The molecule has 0 unspecified atom stereocenters. The van der Waals surface area contributed by atoms with Crippen molar-refractivity contribution in [2.45, 2.75) is 40.0 Å². The average Bonchev–Trinajstić information content (AvgIpc) is 3.02. The summed E-state index contributed by atoms with van der Waals surface area (Å²) in [5.74, 6) is 0. The summed E-state index contributed by atoms with van der Waals surface area (Å²) in [6.07, 6.45) is 2.96. The first-order chi connectivity index (χ1) is 9.85. The molecule has 0 amide bonds. The van der Waals surface area contributed by atoms with Gasteiger partial charge in [0.25, 0.3) is 0 Å². The molecule has 0 aromatic heterocycles. The average molecular weight is 415 g/mol. The first kappa shape index (κ1) is 30.1. The van der Waals surface area contributed by atoms with E-state index in [0.717, 1.165) is 31.4 Å². The molecule has 1 aromatic rings. The van der Waals surface area contributed by atoms with Gasteiger partial charge in [-0.3, -0.25) is 0 Å². The predicted octanol–water partition coefficient (Wildman–Crippen LogP) is 5.80. The van der Waals surface area contributed by atoms with Crippen LogP contribution >= 0.6 is 0 Å². The molecular weight excluding hydrogens is 386 g/mol. The molecule has 0 radical (unpaired) electrons. The van der Waals surface area contributed by atoms with Crippen molar-refractivity contribution in [3.8, 4) is 0 Å². The molecule has 0 saturated heterocycles. The summed E-state index contributed by atoms with van der Waals surface area (Å²) < 4.78 is 35.3. The molecule has 1 aromatic carbocycles. The summed E-state index contributed by atoms with van der Waals surface area (Å²) in [4.78, 5) is 0. The summed E-state index contributed by atoms with van der Waals surface area (Å²) in [6.45, 7) is 7.69. The molecule has 3 N–H and O–H groups in total. The fraction of sp³-hybridized carbons (Fsp3) is 0.643. The van der Waals surface area contributed by atoms with Crippen LogP contribution in [0.25, 0.3) is 17.2 Å². The molecule has 0 atom stereocenters. The Morgan fingerprint density at radius 3 is 1.09 bits per heavy atom. The summed E-state index contributed by atoms with van der Waals surface area (Å²) in [6, 6.07) is 5.00. The third kappa shape index (κ3) is 28.3. The minimum absolute atomic E-state index is 0. The quantitative estimate of drug-likeness (QED) is 0.339. The molecule has 0 aliphatic carbocycles. The van der Waals surface area contributed by atoms with Crippen LogP contribution in [0.3, 0.4) is 0 Å². The molecule has 0 bridgehead atoms. The molecule has 8 heteroatoms. The van der Waals surface area contributed by atoms with Gasteiger partial charge in [-0.1, -0.05) is 45.2 Å². The van der Waals surface area contributed by atoms with E-state index in [1.54, 1.807) is 0 Å². The largest absolute Gasteiger partial charge is 4.00 e. The molecule has 0 saturated carbocycles. The van der Waals surface area contributed by atoms with Gasteiger partial charge < -0.3 is 17.2 Å². The first-order valence-corrected chi connectivity index (χ1v) is 8.71. The van der Waals surface area contributed by atoms with Crippen molar-refractivity contribution in [2.24, 2.45) is 0 Å². The first-order valence-electron chi connectivity index (χ1n) is 7.08. The van der Waals surface area contributed by atoms with E-state index in [1.807, 2.05) is 20.8 Å². The van der Waals surface area contributed by atoms with Crippen molar-refractivity contribution in [3.63, 3.8) is 0 Å². The van der Waals surface area contributed by atoms with Gasteiger partial charge in [-0.05, 0) is 0 Å². The van der Waals surface area contributed by atoms with Crippen LogP contribution in [0, 0.1) is 0 Å². The van der Waals surface area contributed by atoms with Crippen LogP contribution in [0.1, 0.15) is 40.0 Å². The van der Waals surface area contributed by atoms with Gasteiger partial charge in [-0.25, -0.2) is 24.5 Å². The zero-order valence-electron chi connectivity index (χ0n) is 13.7. The van der Waals surface area contributed by atoms with Crippen molar-refractivity contribution in [1.29, 1.82) is 0 Å². The molecule has 1 rings (SSSR count). The summed E-state index contributed by atoms with van der Waals surface area (Å²) in [7, 11) is -5.48. The molecule has 0 spiro atoms. The fourth-order valence-electron chi connectivity index (χ4n) is 0.563. The third-order valence-electron chi connectivity index (χ3n) is 1.74. The van der Waals surface area contributed by atoms with Gasteiger partial charge in [0.2, 0.25) is 0 Å². The number of halogens is 3. The maximum atomic E-state index is 11.8. The minimum Gasteiger partial charge on any atom is -0.677 e. The van der Waals surface area contributed by atoms with Gasteiger partial charge >= 0.3 is 35.3 Å². The van der Waals surface area contributed by atoms with Gasteiger partial charge in [0.1, 0.15) is 0 Å². The van der Waals surface area contributed by atoms with E-state index in [4.69, 9.17) is 17.2 Å². The van der Waals surface area contributed by atoms with E-state index in [1.165, 1.54) is 12.1 Å². The van der Waals surface area contributed by atoms with E-state index < -0.39 is 14.3 Å². The zero-order chi connectivity index (χ0) is 17.1. The van der Waals surface area contributed by atoms with Gasteiger partial charge in [-0.15, -0.1) is 0 Å². The normalized spacial score (nSPS) is 8.95. The van der Waals surface area contributed by atoms with E-state index in [9.17, 15) is 12.3 Å². The van der Waals surface area contributed by atoms with Crippen LogP contribution in [0.5, 0.6) is 0 Å². The number of hydrogen-bond acceptors (Lipinski definition) is 0. The van der Waals surface area contributed by atoms with Crippen LogP contribution in [0.15, 0.2) is 24.3 Å². The Hall–Kier alpha value is 0.120. The molecule has 128 valence electrons. The van der Waals surface area contributed by atoms with Gasteiger partial charge in [0.05, 0.1) is 0 Å². The number of hydrogen-bond donors (Lipinski definition) is 0. The van der Waals surface area contributed by atoms with Crippen molar-refractivity contribution in [3.05, 3.63) is 41.5 Å². The fourth-order valence-corrected chi connectivity index (χ4v) is 1.13. The SMILES string of the molecule is CCC[NH-].CCC[NH-].CCC[NH-].F[Si](F)(F)[c-]1cccc1.[Zr+4]. The third-order valence-corrected chi connectivity index (χ3v) is 2.73.